The Kier molecular flexibility index (Phi) is 3.63. The zero-order chi connectivity index (χ0) is 11.7. The SMILES string of the molecule is Cc1cc(-c2ccccc2)c2ccccc2[o+]1.[Cl-]. The number of rotatable bonds is 1. The Morgan fingerprint density at radius 1 is 0.833 bits per heavy atom. The van der Waals surface area contributed by atoms with Gasteiger partial charge in [0.1, 0.15) is 0 Å². The van der Waals surface area contributed by atoms with Gasteiger partial charge in [-0.2, -0.15) is 0 Å². The summed E-state index contributed by atoms with van der Waals surface area (Å²) in [4.78, 5) is 0. The molecule has 1 heterocycles. The first kappa shape index (κ1) is 12.6. The summed E-state index contributed by atoms with van der Waals surface area (Å²) < 4.78 is 5.72. The topological polar surface area (TPSA) is 11.3 Å². The van der Waals surface area contributed by atoms with E-state index in [2.05, 4.69) is 36.4 Å². The lowest BCUT2D eigenvalue weighted by molar-refractivity contribution is -0.00000397. The first-order chi connectivity index (χ1) is 8.34. The first-order valence-corrected chi connectivity index (χ1v) is 5.72. The summed E-state index contributed by atoms with van der Waals surface area (Å²) in [5, 5.41) is 1.16. The van der Waals surface area contributed by atoms with Crippen LogP contribution in [-0.2, 0) is 0 Å². The molecule has 0 N–H and O–H groups in total. The molecule has 0 fully saturated rings. The molecule has 2 heteroatoms. The summed E-state index contributed by atoms with van der Waals surface area (Å²) in [6.45, 7) is 1.98. The second-order valence-corrected chi connectivity index (χ2v) is 4.13. The molecule has 0 unspecified atom stereocenters. The van der Waals surface area contributed by atoms with Crippen molar-refractivity contribution >= 4 is 11.0 Å². The molecule has 0 aliphatic carbocycles. The van der Waals surface area contributed by atoms with Crippen LogP contribution in [0.3, 0.4) is 0 Å². The molecule has 0 atom stereocenters. The average molecular weight is 257 g/mol. The van der Waals surface area contributed by atoms with Crippen molar-refractivity contribution in [3.05, 3.63) is 66.4 Å². The fourth-order valence-corrected chi connectivity index (χ4v) is 2.12. The molecule has 18 heavy (non-hydrogen) atoms. The van der Waals surface area contributed by atoms with Crippen molar-refractivity contribution in [3.63, 3.8) is 0 Å². The van der Waals surface area contributed by atoms with Crippen LogP contribution in [0.4, 0.5) is 0 Å². The molecule has 0 radical (unpaired) electrons. The fraction of sp³-hybridized carbons (Fsp3) is 0.0625. The van der Waals surface area contributed by atoms with Gasteiger partial charge in [-0.3, -0.25) is 0 Å². The molecule has 0 saturated heterocycles. The average Bonchev–Trinajstić information content (AvgIpc) is 2.39. The van der Waals surface area contributed by atoms with Crippen LogP contribution in [0.15, 0.2) is 65.1 Å². The normalized spacial score (nSPS) is 10.1. The molecule has 1 nitrogen and oxygen atoms in total. The monoisotopic (exact) mass is 256 g/mol. The third-order valence-electron chi connectivity index (χ3n) is 2.88. The van der Waals surface area contributed by atoms with E-state index in [1.165, 1.54) is 11.1 Å². The number of hydrogen-bond acceptors (Lipinski definition) is 0. The maximum absolute atomic E-state index is 5.72. The van der Waals surface area contributed by atoms with E-state index >= 15 is 0 Å². The van der Waals surface area contributed by atoms with Crippen LogP contribution in [0.5, 0.6) is 0 Å². The summed E-state index contributed by atoms with van der Waals surface area (Å²) in [6, 6.07) is 20.6. The van der Waals surface area contributed by atoms with E-state index in [9.17, 15) is 0 Å². The standard InChI is InChI=1S/C16H13O.ClH/c1-12-11-15(13-7-3-2-4-8-13)14-9-5-6-10-16(14)17-12;/h2-11H,1H3;1H/q+1;/p-1. The molecule has 90 valence electrons. The molecule has 0 spiro atoms. The van der Waals surface area contributed by atoms with Crippen molar-refractivity contribution in [2.45, 2.75) is 6.92 Å². The van der Waals surface area contributed by atoms with Gasteiger partial charge < -0.3 is 12.4 Å². The lowest BCUT2D eigenvalue weighted by atomic mass is 10.0. The van der Waals surface area contributed by atoms with E-state index in [0.717, 1.165) is 16.7 Å². The van der Waals surface area contributed by atoms with E-state index in [1.54, 1.807) is 0 Å². The van der Waals surface area contributed by atoms with Crippen LogP contribution in [0.2, 0.25) is 0 Å². The van der Waals surface area contributed by atoms with Gasteiger partial charge >= 0.3 is 11.3 Å². The van der Waals surface area contributed by atoms with Crippen LogP contribution >= 0.6 is 0 Å². The predicted octanol–water partition coefficient (Wildman–Crippen LogP) is 1.69. The molecule has 3 rings (SSSR count). The number of hydrogen-bond donors (Lipinski definition) is 0. The van der Waals surface area contributed by atoms with Crippen LogP contribution in [0, 0.1) is 6.92 Å². The van der Waals surface area contributed by atoms with Gasteiger partial charge in [-0.25, -0.2) is 4.42 Å². The molecule has 0 aliphatic heterocycles. The van der Waals surface area contributed by atoms with E-state index < -0.39 is 0 Å². The highest BCUT2D eigenvalue weighted by molar-refractivity contribution is 5.93. The Hall–Kier alpha value is -1.86. The zero-order valence-electron chi connectivity index (χ0n) is 10.1. The van der Waals surface area contributed by atoms with Crippen LogP contribution in [-0.4, -0.2) is 0 Å². The largest absolute Gasteiger partial charge is 1.00 e. The Morgan fingerprint density at radius 2 is 1.50 bits per heavy atom. The molecular weight excluding hydrogens is 244 g/mol. The molecule has 2 aromatic carbocycles. The molecular formula is C16H13ClO. The highest BCUT2D eigenvalue weighted by atomic mass is 35.5. The van der Waals surface area contributed by atoms with Gasteiger partial charge in [-0.1, -0.05) is 42.5 Å². The van der Waals surface area contributed by atoms with Crippen molar-refractivity contribution in [2.75, 3.05) is 0 Å². The minimum Gasteiger partial charge on any atom is -1.00 e. The van der Waals surface area contributed by atoms with Crippen molar-refractivity contribution in [1.82, 2.24) is 0 Å². The van der Waals surface area contributed by atoms with Crippen molar-refractivity contribution < 1.29 is 16.8 Å². The quantitative estimate of drug-likeness (QED) is 0.603. The molecule has 0 amide bonds. The van der Waals surface area contributed by atoms with E-state index in [0.29, 0.717) is 0 Å². The molecule has 1 aromatic heterocycles. The lowest BCUT2D eigenvalue weighted by Gasteiger charge is -2.01. The highest BCUT2D eigenvalue weighted by Gasteiger charge is 2.14. The number of benzene rings is 2. The van der Waals surface area contributed by atoms with Crippen LogP contribution in [0.25, 0.3) is 22.1 Å². The number of halogens is 1. The molecule has 0 bridgehead atoms. The predicted molar refractivity (Wildman–Crippen MR) is 70.8 cm³/mol. The van der Waals surface area contributed by atoms with Crippen molar-refractivity contribution in [1.29, 1.82) is 0 Å². The maximum Gasteiger partial charge on any atom is 0.360 e. The molecule has 0 saturated carbocycles. The number of aryl methyl sites for hydroxylation is 1. The second kappa shape index (κ2) is 5.19. The van der Waals surface area contributed by atoms with E-state index in [-0.39, 0.29) is 12.4 Å². The smallest absolute Gasteiger partial charge is 0.360 e. The fourth-order valence-electron chi connectivity index (χ4n) is 2.12. The summed E-state index contributed by atoms with van der Waals surface area (Å²) in [5.74, 6) is 0.933. The third-order valence-corrected chi connectivity index (χ3v) is 2.88. The number of fused-ring (bicyclic) bond motifs is 1. The third kappa shape index (κ3) is 2.22. The van der Waals surface area contributed by atoms with Gasteiger partial charge in [0.2, 0.25) is 0 Å². The van der Waals surface area contributed by atoms with Gasteiger partial charge in [0.05, 0.1) is 12.3 Å². The summed E-state index contributed by atoms with van der Waals surface area (Å²) >= 11 is 0. The van der Waals surface area contributed by atoms with Gasteiger partial charge in [-0.05, 0) is 11.6 Å². The van der Waals surface area contributed by atoms with Gasteiger partial charge in [0.25, 0.3) is 0 Å². The van der Waals surface area contributed by atoms with E-state index in [4.69, 9.17) is 4.42 Å². The Morgan fingerprint density at radius 3 is 2.28 bits per heavy atom. The van der Waals surface area contributed by atoms with Gasteiger partial charge in [-0.15, -0.1) is 0 Å². The minimum absolute atomic E-state index is 0. The molecule has 3 aromatic rings. The molecule has 0 aliphatic rings. The summed E-state index contributed by atoms with van der Waals surface area (Å²) in [7, 11) is 0. The Bertz CT molecular complexity index is 662. The van der Waals surface area contributed by atoms with E-state index in [1.807, 2.05) is 31.2 Å². The second-order valence-electron chi connectivity index (χ2n) is 4.13. The first-order valence-electron chi connectivity index (χ1n) is 5.72. The number of para-hydroxylation sites is 1. The zero-order valence-corrected chi connectivity index (χ0v) is 10.8. The van der Waals surface area contributed by atoms with Crippen LogP contribution < -0.4 is 12.4 Å². The highest BCUT2D eigenvalue weighted by Crippen LogP contribution is 2.29. The minimum atomic E-state index is 0. The van der Waals surface area contributed by atoms with Crippen molar-refractivity contribution in [3.8, 4) is 11.1 Å². The summed E-state index contributed by atoms with van der Waals surface area (Å²) in [5.41, 5.74) is 3.39. The summed E-state index contributed by atoms with van der Waals surface area (Å²) in [6.07, 6.45) is 0. The maximum atomic E-state index is 5.72. The van der Waals surface area contributed by atoms with Crippen LogP contribution in [0.1, 0.15) is 5.76 Å². The van der Waals surface area contributed by atoms with Crippen molar-refractivity contribution in [2.24, 2.45) is 0 Å². The van der Waals surface area contributed by atoms with Gasteiger partial charge in [0, 0.05) is 17.7 Å². The lowest BCUT2D eigenvalue weighted by Crippen LogP contribution is -3.00. The van der Waals surface area contributed by atoms with Gasteiger partial charge in [0.15, 0.2) is 0 Å². The Balaban J connectivity index is 0.00000120. The Labute approximate surface area is 112 Å².